The molecule has 1 aromatic rings. The number of benzene rings is 1. The number of nitrogens with two attached hydrogens (primary N) is 1. The summed E-state index contributed by atoms with van der Waals surface area (Å²) in [6.07, 6.45) is 2.47. The molecule has 110 valence electrons. The number of amides is 1. The average Bonchev–Trinajstić information content (AvgIpc) is 2.91. The zero-order chi connectivity index (χ0) is 14.6. The molecular weight excluding hydrogens is 274 g/mol. The fraction of sp³-hybridized carbons (Fsp3) is 0.500. The van der Waals surface area contributed by atoms with Gasteiger partial charge in [0.25, 0.3) is 5.91 Å². The van der Waals surface area contributed by atoms with E-state index in [4.69, 9.17) is 5.14 Å². The zero-order valence-corrected chi connectivity index (χ0v) is 12.6. The summed E-state index contributed by atoms with van der Waals surface area (Å²) in [4.78, 5) is 14.3. The number of hydrogen-bond donors (Lipinski definition) is 1. The maximum atomic E-state index is 12.0. The third-order valence-electron chi connectivity index (χ3n) is 3.43. The largest absolute Gasteiger partial charge is 0.299 e. The molecule has 1 aromatic carbocycles. The third-order valence-corrected chi connectivity index (χ3v) is 4.73. The summed E-state index contributed by atoms with van der Waals surface area (Å²) in [7, 11) is -2.89. The number of nitrogens with zero attached hydrogens (tertiary/aromatic N) is 2. The van der Waals surface area contributed by atoms with Crippen molar-refractivity contribution in [1.29, 1.82) is 0 Å². The molecule has 1 fully saturated rings. The van der Waals surface area contributed by atoms with E-state index in [-0.39, 0.29) is 5.75 Å². The van der Waals surface area contributed by atoms with Gasteiger partial charge in [-0.25, -0.2) is 9.35 Å². The smallest absolute Gasteiger partial charge is 0.286 e. The van der Waals surface area contributed by atoms with Gasteiger partial charge >= 0.3 is 0 Å². The molecule has 2 N–H and O–H groups in total. The van der Waals surface area contributed by atoms with Crippen molar-refractivity contribution < 1.29 is 9.00 Å². The molecule has 0 radical (unpaired) electrons. The van der Waals surface area contributed by atoms with Crippen LogP contribution < -0.4 is 5.14 Å². The van der Waals surface area contributed by atoms with Gasteiger partial charge in [-0.2, -0.15) is 0 Å². The lowest BCUT2D eigenvalue weighted by atomic mass is 10.1. The Morgan fingerprint density at radius 1 is 1.40 bits per heavy atom. The fourth-order valence-corrected chi connectivity index (χ4v) is 2.77. The first-order valence-electron chi connectivity index (χ1n) is 6.88. The second-order valence-electron chi connectivity index (χ2n) is 5.06. The summed E-state index contributed by atoms with van der Waals surface area (Å²) in [5.41, 5.74) is 1.53. The average molecular weight is 295 g/mol. The highest BCUT2D eigenvalue weighted by atomic mass is 32.2. The second kappa shape index (κ2) is 6.47. The molecule has 1 unspecified atom stereocenters. The zero-order valence-electron chi connectivity index (χ0n) is 11.7. The van der Waals surface area contributed by atoms with Crippen molar-refractivity contribution in [3.63, 3.8) is 0 Å². The predicted octanol–water partition coefficient (Wildman–Crippen LogP) is 1.78. The van der Waals surface area contributed by atoms with Crippen LogP contribution in [-0.2, 0) is 16.5 Å². The monoisotopic (exact) mass is 295 g/mol. The summed E-state index contributed by atoms with van der Waals surface area (Å²) >= 11 is 0. The van der Waals surface area contributed by atoms with Crippen LogP contribution >= 0.6 is 0 Å². The summed E-state index contributed by atoms with van der Waals surface area (Å²) in [5, 5.41) is 5.46. The first kappa shape index (κ1) is 15.2. The standard InChI is InChI=1S/C14H21N3O2S/c1-2-20(15,19)16-14(18)13-7-5-6-12(10-13)11-17-8-3-4-9-17/h5-7,10H,2-4,8-9,11H2,1H3,(H2,15,16,18,19). The van der Waals surface area contributed by atoms with Crippen molar-refractivity contribution in [3.05, 3.63) is 35.4 Å². The Kier molecular flexibility index (Phi) is 4.91. The van der Waals surface area contributed by atoms with Gasteiger partial charge in [0.1, 0.15) is 9.92 Å². The van der Waals surface area contributed by atoms with E-state index in [1.807, 2.05) is 18.2 Å². The minimum absolute atomic E-state index is 0.173. The van der Waals surface area contributed by atoms with Gasteiger partial charge in [0.2, 0.25) is 0 Å². The Morgan fingerprint density at radius 2 is 2.10 bits per heavy atom. The molecule has 0 aliphatic carbocycles. The van der Waals surface area contributed by atoms with E-state index in [2.05, 4.69) is 9.26 Å². The second-order valence-corrected chi connectivity index (χ2v) is 7.20. The molecule has 1 amide bonds. The van der Waals surface area contributed by atoms with Crippen LogP contribution in [0.1, 0.15) is 35.7 Å². The Bertz CT molecular complexity index is 600. The van der Waals surface area contributed by atoms with Gasteiger partial charge in [-0.05, 0) is 43.6 Å². The lowest BCUT2D eigenvalue weighted by molar-refractivity contribution is 0.100. The molecule has 1 aliphatic heterocycles. The highest BCUT2D eigenvalue weighted by molar-refractivity contribution is 7.91. The number of hydrogen-bond acceptors (Lipinski definition) is 3. The summed E-state index contributed by atoms with van der Waals surface area (Å²) < 4.78 is 15.3. The minimum Gasteiger partial charge on any atom is -0.299 e. The van der Waals surface area contributed by atoms with Gasteiger partial charge in [-0.15, -0.1) is 4.36 Å². The van der Waals surface area contributed by atoms with Gasteiger partial charge in [0.05, 0.1) is 0 Å². The number of carbonyl (C=O) groups excluding carboxylic acids is 1. The van der Waals surface area contributed by atoms with Crippen LogP contribution in [0.3, 0.4) is 0 Å². The van der Waals surface area contributed by atoms with Gasteiger partial charge in [0.15, 0.2) is 0 Å². The van der Waals surface area contributed by atoms with Crippen LogP contribution in [0.2, 0.25) is 0 Å². The van der Waals surface area contributed by atoms with E-state index >= 15 is 0 Å². The Morgan fingerprint density at radius 3 is 2.75 bits per heavy atom. The van der Waals surface area contributed by atoms with Crippen molar-refractivity contribution >= 4 is 15.8 Å². The maximum Gasteiger partial charge on any atom is 0.286 e. The summed E-state index contributed by atoms with van der Waals surface area (Å²) in [6.45, 7) is 4.71. The third kappa shape index (κ3) is 4.13. The van der Waals surface area contributed by atoms with Crippen LogP contribution in [0.25, 0.3) is 0 Å². The molecule has 5 nitrogen and oxygen atoms in total. The minimum atomic E-state index is -2.89. The van der Waals surface area contributed by atoms with E-state index < -0.39 is 15.8 Å². The summed E-state index contributed by atoms with van der Waals surface area (Å²) in [6, 6.07) is 7.33. The fourth-order valence-electron chi connectivity index (χ4n) is 2.26. The van der Waals surface area contributed by atoms with E-state index in [9.17, 15) is 9.00 Å². The van der Waals surface area contributed by atoms with Gasteiger partial charge in [0, 0.05) is 17.9 Å². The highest BCUT2D eigenvalue weighted by Gasteiger charge is 2.13. The van der Waals surface area contributed by atoms with Crippen molar-refractivity contribution in [2.75, 3.05) is 18.8 Å². The SMILES string of the molecule is CCS(N)(=O)=NC(=O)c1cccc(CN2CCCC2)c1. The van der Waals surface area contributed by atoms with Crippen molar-refractivity contribution in [3.8, 4) is 0 Å². The molecular formula is C14H21N3O2S. The van der Waals surface area contributed by atoms with E-state index in [0.717, 1.165) is 25.2 Å². The van der Waals surface area contributed by atoms with Gasteiger partial charge in [-0.1, -0.05) is 19.1 Å². The van der Waals surface area contributed by atoms with E-state index in [1.165, 1.54) is 12.8 Å². The molecule has 1 heterocycles. The first-order valence-corrected chi connectivity index (χ1v) is 8.63. The number of carbonyl (C=O) groups is 1. The van der Waals surface area contributed by atoms with E-state index in [0.29, 0.717) is 5.56 Å². The van der Waals surface area contributed by atoms with Crippen LogP contribution in [-0.4, -0.2) is 33.9 Å². The molecule has 20 heavy (non-hydrogen) atoms. The van der Waals surface area contributed by atoms with Crippen molar-refractivity contribution in [2.45, 2.75) is 26.3 Å². The topological polar surface area (TPSA) is 75.8 Å². The van der Waals surface area contributed by atoms with Crippen molar-refractivity contribution in [1.82, 2.24) is 4.90 Å². The molecule has 1 aliphatic rings. The lowest BCUT2D eigenvalue weighted by Crippen LogP contribution is -2.19. The summed E-state index contributed by atoms with van der Waals surface area (Å²) in [5.74, 6) is -0.325. The number of rotatable bonds is 4. The van der Waals surface area contributed by atoms with Gasteiger partial charge < -0.3 is 0 Å². The van der Waals surface area contributed by atoms with Crippen LogP contribution in [0.5, 0.6) is 0 Å². The van der Waals surface area contributed by atoms with E-state index in [1.54, 1.807) is 13.0 Å². The van der Waals surface area contributed by atoms with Crippen LogP contribution in [0, 0.1) is 0 Å². The molecule has 1 atom stereocenters. The quantitative estimate of drug-likeness (QED) is 0.920. The molecule has 2 rings (SSSR count). The Hall–Kier alpha value is -1.24. The molecule has 0 spiro atoms. The molecule has 6 heteroatoms. The lowest BCUT2D eigenvalue weighted by Gasteiger charge is -2.14. The normalized spacial score (nSPS) is 18.7. The van der Waals surface area contributed by atoms with Gasteiger partial charge in [-0.3, -0.25) is 9.69 Å². The first-order chi connectivity index (χ1) is 9.50. The number of likely N-dealkylation sites (tertiary alicyclic amines) is 1. The molecule has 0 aromatic heterocycles. The molecule has 0 saturated carbocycles. The molecule has 1 saturated heterocycles. The molecule has 0 bridgehead atoms. The van der Waals surface area contributed by atoms with Crippen LogP contribution in [0.15, 0.2) is 28.6 Å². The predicted molar refractivity (Wildman–Crippen MR) is 80.6 cm³/mol. The highest BCUT2D eigenvalue weighted by Crippen LogP contribution is 2.14. The Labute approximate surface area is 120 Å². The van der Waals surface area contributed by atoms with Crippen molar-refractivity contribution in [2.24, 2.45) is 9.50 Å². The van der Waals surface area contributed by atoms with Crippen LogP contribution in [0.4, 0.5) is 0 Å². The Balaban J connectivity index is 2.15. The maximum absolute atomic E-state index is 12.0.